The Morgan fingerprint density at radius 1 is 1.11 bits per heavy atom. The van der Waals surface area contributed by atoms with E-state index < -0.39 is 22.4 Å². The predicted molar refractivity (Wildman–Crippen MR) is 116 cm³/mol. The van der Waals surface area contributed by atoms with Crippen molar-refractivity contribution in [1.29, 1.82) is 0 Å². The molecular formula is C20H40O5Si2. The van der Waals surface area contributed by atoms with Crippen molar-refractivity contribution in [3.63, 3.8) is 0 Å². The Labute approximate surface area is 168 Å². The van der Waals surface area contributed by atoms with Crippen LogP contribution in [-0.4, -0.2) is 55.6 Å². The van der Waals surface area contributed by atoms with Gasteiger partial charge in [0.25, 0.3) is 0 Å². The molecule has 0 saturated heterocycles. The van der Waals surface area contributed by atoms with Crippen molar-refractivity contribution in [3.05, 3.63) is 0 Å². The fraction of sp³-hybridized carbons (Fsp3) is 0.850. The highest BCUT2D eigenvalue weighted by molar-refractivity contribution is 6.76. The van der Waals surface area contributed by atoms with Crippen molar-refractivity contribution in [2.75, 3.05) is 27.1 Å². The Bertz CT molecular complexity index is 495. The van der Waals surface area contributed by atoms with E-state index >= 15 is 0 Å². The largest absolute Gasteiger partial charge is 0.459 e. The monoisotopic (exact) mass is 416 g/mol. The normalized spacial score (nSPS) is 13.7. The maximum atomic E-state index is 11.1. The second-order valence-electron chi connectivity index (χ2n) is 9.53. The van der Waals surface area contributed by atoms with Gasteiger partial charge in [-0.25, -0.2) is 4.79 Å². The quantitative estimate of drug-likeness (QED) is 0.122. The first-order chi connectivity index (χ1) is 12.3. The molecule has 0 fully saturated rings. The van der Waals surface area contributed by atoms with Crippen LogP contribution in [-0.2, 0) is 23.4 Å². The van der Waals surface area contributed by atoms with Gasteiger partial charge in [-0.2, -0.15) is 0 Å². The molecule has 0 unspecified atom stereocenters. The lowest BCUT2D eigenvalue weighted by atomic mass is 10.2. The summed E-state index contributed by atoms with van der Waals surface area (Å²) in [5.74, 6) is 4.77. The third-order valence-electron chi connectivity index (χ3n) is 4.79. The summed E-state index contributed by atoms with van der Waals surface area (Å²) in [6, 6.07) is 1.12. The van der Waals surface area contributed by atoms with Crippen LogP contribution < -0.4 is 0 Å². The summed E-state index contributed by atoms with van der Waals surface area (Å²) < 4.78 is 22.4. The summed E-state index contributed by atoms with van der Waals surface area (Å²) in [6.45, 7) is 19.6. The van der Waals surface area contributed by atoms with Gasteiger partial charge in [0, 0.05) is 27.0 Å². The lowest BCUT2D eigenvalue weighted by Crippen LogP contribution is -2.43. The first kappa shape index (κ1) is 26.3. The molecule has 0 bridgehead atoms. The van der Waals surface area contributed by atoms with Crippen molar-refractivity contribution in [2.24, 2.45) is 0 Å². The number of esters is 1. The predicted octanol–water partition coefficient (Wildman–Crippen LogP) is 4.66. The van der Waals surface area contributed by atoms with E-state index in [1.165, 1.54) is 7.11 Å². The number of carbonyl (C=O) groups is 1. The van der Waals surface area contributed by atoms with Crippen LogP contribution in [0.3, 0.4) is 0 Å². The molecule has 0 aromatic heterocycles. The number of rotatable bonds is 11. The van der Waals surface area contributed by atoms with Crippen LogP contribution in [0.4, 0.5) is 0 Å². The zero-order chi connectivity index (χ0) is 21.1. The van der Waals surface area contributed by atoms with Crippen molar-refractivity contribution < 1.29 is 23.4 Å². The average Bonchev–Trinajstić information content (AvgIpc) is 2.52. The van der Waals surface area contributed by atoms with Crippen molar-refractivity contribution in [3.8, 4) is 11.8 Å². The molecule has 5 nitrogen and oxygen atoms in total. The zero-order valence-electron chi connectivity index (χ0n) is 18.9. The molecule has 27 heavy (non-hydrogen) atoms. The van der Waals surface area contributed by atoms with Crippen LogP contribution in [0.5, 0.6) is 0 Å². The molecule has 0 aromatic carbocycles. The first-order valence-corrected chi connectivity index (χ1v) is 16.3. The Hall–Kier alpha value is -0.656. The molecule has 0 aromatic rings. The molecule has 0 aliphatic carbocycles. The maximum Gasteiger partial charge on any atom is 0.384 e. The van der Waals surface area contributed by atoms with Gasteiger partial charge in [-0.05, 0) is 30.6 Å². The molecule has 0 N–H and O–H groups in total. The van der Waals surface area contributed by atoms with Crippen molar-refractivity contribution >= 4 is 22.4 Å². The van der Waals surface area contributed by atoms with E-state index in [4.69, 9.17) is 13.9 Å². The van der Waals surface area contributed by atoms with Crippen molar-refractivity contribution in [1.82, 2.24) is 0 Å². The second kappa shape index (κ2) is 12.0. The summed E-state index contributed by atoms with van der Waals surface area (Å²) in [5, 5.41) is 0.149. The van der Waals surface area contributed by atoms with Crippen LogP contribution in [0.1, 0.15) is 33.6 Å². The molecule has 7 heteroatoms. The molecule has 1 atom stereocenters. The lowest BCUT2D eigenvalue weighted by molar-refractivity contribution is -0.133. The van der Waals surface area contributed by atoms with Gasteiger partial charge < -0.3 is 18.6 Å². The smallest absolute Gasteiger partial charge is 0.384 e. The van der Waals surface area contributed by atoms with E-state index in [-0.39, 0.29) is 17.9 Å². The number of carbonyl (C=O) groups excluding carboxylic acids is 1. The van der Waals surface area contributed by atoms with Crippen LogP contribution in [0.15, 0.2) is 0 Å². The number of hydrogen-bond acceptors (Lipinski definition) is 5. The summed E-state index contributed by atoms with van der Waals surface area (Å²) in [6.07, 6.45) is 1.14. The van der Waals surface area contributed by atoms with Crippen molar-refractivity contribution in [2.45, 2.75) is 83.5 Å². The van der Waals surface area contributed by atoms with Gasteiger partial charge in [0.15, 0.2) is 8.32 Å². The van der Waals surface area contributed by atoms with E-state index in [2.05, 4.69) is 70.1 Å². The molecule has 0 spiro atoms. The minimum Gasteiger partial charge on any atom is -0.459 e. The summed E-state index contributed by atoms with van der Waals surface area (Å²) >= 11 is 0. The highest BCUT2D eigenvalue weighted by Gasteiger charge is 2.37. The minimum atomic E-state index is -1.84. The van der Waals surface area contributed by atoms with Gasteiger partial charge in [-0.15, -0.1) is 0 Å². The molecule has 158 valence electrons. The van der Waals surface area contributed by atoms with E-state index in [1.54, 1.807) is 0 Å². The van der Waals surface area contributed by atoms with Gasteiger partial charge >= 0.3 is 5.97 Å². The summed E-state index contributed by atoms with van der Waals surface area (Å²) in [7, 11) is -1.61. The van der Waals surface area contributed by atoms with Gasteiger partial charge in [-0.3, -0.25) is 0 Å². The van der Waals surface area contributed by atoms with E-state index in [0.29, 0.717) is 19.4 Å². The average molecular weight is 417 g/mol. The van der Waals surface area contributed by atoms with Crippen LogP contribution >= 0.6 is 0 Å². The van der Waals surface area contributed by atoms with E-state index in [9.17, 15) is 4.79 Å². The van der Waals surface area contributed by atoms with Crippen LogP contribution in [0, 0.1) is 11.8 Å². The fourth-order valence-corrected chi connectivity index (χ4v) is 3.53. The molecule has 0 heterocycles. The second-order valence-corrected chi connectivity index (χ2v) is 20.0. The summed E-state index contributed by atoms with van der Waals surface area (Å²) in [4.78, 5) is 11.1. The van der Waals surface area contributed by atoms with Gasteiger partial charge in [0.1, 0.15) is 6.79 Å². The molecule has 0 aliphatic heterocycles. The number of hydrogen-bond donors (Lipinski definition) is 0. The lowest BCUT2D eigenvalue weighted by Gasteiger charge is -2.37. The molecule has 0 rings (SSSR count). The summed E-state index contributed by atoms with van der Waals surface area (Å²) in [5.41, 5.74) is 0. The highest BCUT2D eigenvalue weighted by atomic mass is 28.4. The Morgan fingerprint density at radius 2 is 1.74 bits per heavy atom. The highest BCUT2D eigenvalue weighted by Crippen LogP contribution is 2.36. The Balaban J connectivity index is 4.56. The Kier molecular flexibility index (Phi) is 11.7. The number of methoxy groups -OCH3 is 1. The molecular weight excluding hydrogens is 376 g/mol. The molecule has 0 amide bonds. The van der Waals surface area contributed by atoms with Crippen LogP contribution in [0.25, 0.3) is 0 Å². The minimum absolute atomic E-state index is 0.0991. The maximum absolute atomic E-state index is 11.1. The van der Waals surface area contributed by atoms with Crippen LogP contribution in [0.2, 0.25) is 43.8 Å². The fourth-order valence-electron chi connectivity index (χ4n) is 1.73. The SMILES string of the molecule is COC(=O)C#CCC[C@@H](CO[Si](C)(C)C(C)(C)C)OCOCC[Si](C)(C)C. The topological polar surface area (TPSA) is 54.0 Å². The Morgan fingerprint density at radius 3 is 2.26 bits per heavy atom. The van der Waals surface area contributed by atoms with E-state index in [0.717, 1.165) is 12.7 Å². The third kappa shape index (κ3) is 13.2. The van der Waals surface area contributed by atoms with Gasteiger partial charge in [0.05, 0.1) is 19.8 Å². The third-order valence-corrected chi connectivity index (χ3v) is 11.0. The number of ether oxygens (including phenoxy) is 3. The standard InChI is InChI=1S/C20H40O5Si2/c1-20(2,3)27(8,9)25-16-18(12-10-11-13-19(21)22-4)24-17-23-14-15-26(5,6)7/h18H,10,12,14-17H2,1-9H3/t18-/m0/s1. The van der Waals surface area contributed by atoms with Gasteiger partial charge in [-0.1, -0.05) is 46.3 Å². The van der Waals surface area contributed by atoms with E-state index in [1.807, 2.05) is 0 Å². The first-order valence-electron chi connectivity index (χ1n) is 9.68. The molecule has 0 aliphatic rings. The molecule has 0 radical (unpaired) electrons. The van der Waals surface area contributed by atoms with Gasteiger partial charge in [0.2, 0.25) is 0 Å². The molecule has 0 saturated carbocycles. The zero-order valence-corrected chi connectivity index (χ0v) is 20.9.